The molecule has 0 aliphatic heterocycles. The minimum atomic E-state index is -3.86. The summed E-state index contributed by atoms with van der Waals surface area (Å²) in [6, 6.07) is 10.3. The summed E-state index contributed by atoms with van der Waals surface area (Å²) in [6.45, 7) is 1.40. The molecule has 27 heavy (non-hydrogen) atoms. The zero-order chi connectivity index (χ0) is 20.0. The van der Waals surface area contributed by atoms with Gasteiger partial charge in [0.25, 0.3) is 15.9 Å². The Morgan fingerprint density at radius 1 is 1.07 bits per heavy atom. The number of rotatable bonds is 8. The molecule has 0 unspecified atom stereocenters. The fourth-order valence-electron chi connectivity index (χ4n) is 2.28. The fraction of sp³-hybridized carbons (Fsp3) is 0.278. The van der Waals surface area contributed by atoms with Gasteiger partial charge in [-0.2, -0.15) is 0 Å². The fourth-order valence-corrected chi connectivity index (χ4v) is 3.72. The van der Waals surface area contributed by atoms with E-state index in [1.165, 1.54) is 24.3 Å². The summed E-state index contributed by atoms with van der Waals surface area (Å²) in [5, 5.41) is 3.23. The molecule has 0 atom stereocenters. The van der Waals surface area contributed by atoms with Crippen molar-refractivity contribution in [3.63, 3.8) is 0 Å². The summed E-state index contributed by atoms with van der Waals surface area (Å²) < 4.78 is 27.4. The van der Waals surface area contributed by atoms with Crippen LogP contribution in [0.5, 0.6) is 0 Å². The zero-order valence-electron chi connectivity index (χ0n) is 15.0. The average molecular weight is 430 g/mol. The number of hydrogen-bond donors (Lipinski definition) is 2. The molecular formula is C18H21Cl2N3O3S. The Morgan fingerprint density at radius 2 is 1.81 bits per heavy atom. The summed E-state index contributed by atoms with van der Waals surface area (Å²) in [5.74, 6) is -0.260. The van der Waals surface area contributed by atoms with Crippen LogP contribution in [-0.2, 0) is 10.0 Å². The van der Waals surface area contributed by atoms with Crippen LogP contribution < -0.4 is 10.0 Å². The molecule has 0 spiro atoms. The Balaban J connectivity index is 2.08. The molecule has 0 fully saturated rings. The van der Waals surface area contributed by atoms with Crippen molar-refractivity contribution in [2.45, 2.75) is 11.3 Å². The highest BCUT2D eigenvalue weighted by Gasteiger charge is 2.16. The van der Waals surface area contributed by atoms with Crippen LogP contribution in [0.1, 0.15) is 16.8 Å². The van der Waals surface area contributed by atoms with Crippen molar-refractivity contribution in [2.24, 2.45) is 0 Å². The lowest BCUT2D eigenvalue weighted by molar-refractivity contribution is 0.0952. The average Bonchev–Trinajstić information content (AvgIpc) is 2.60. The number of nitrogens with one attached hydrogen (secondary N) is 2. The van der Waals surface area contributed by atoms with E-state index in [2.05, 4.69) is 10.0 Å². The molecule has 0 aliphatic carbocycles. The molecule has 0 bridgehead atoms. The van der Waals surface area contributed by atoms with E-state index in [1.54, 1.807) is 18.2 Å². The second-order valence-corrected chi connectivity index (χ2v) is 8.67. The van der Waals surface area contributed by atoms with Crippen LogP contribution in [0.4, 0.5) is 5.69 Å². The largest absolute Gasteiger partial charge is 0.352 e. The lowest BCUT2D eigenvalue weighted by atomic mass is 10.2. The normalized spacial score (nSPS) is 11.4. The topological polar surface area (TPSA) is 78.5 Å². The van der Waals surface area contributed by atoms with Crippen molar-refractivity contribution >= 4 is 44.8 Å². The number of anilines is 1. The SMILES string of the molecule is CN(C)CCCNC(=O)c1cccc(NS(=O)(=O)c2ccc(Cl)c(Cl)c2)c1. The molecule has 2 aromatic rings. The second kappa shape index (κ2) is 9.41. The van der Waals surface area contributed by atoms with Gasteiger partial charge in [-0.25, -0.2) is 8.42 Å². The van der Waals surface area contributed by atoms with E-state index in [9.17, 15) is 13.2 Å². The summed E-state index contributed by atoms with van der Waals surface area (Å²) in [6.07, 6.45) is 0.822. The monoisotopic (exact) mass is 429 g/mol. The van der Waals surface area contributed by atoms with Gasteiger partial charge in [-0.15, -0.1) is 0 Å². The van der Waals surface area contributed by atoms with E-state index in [-0.39, 0.29) is 26.5 Å². The second-order valence-electron chi connectivity index (χ2n) is 6.17. The van der Waals surface area contributed by atoms with Crippen molar-refractivity contribution < 1.29 is 13.2 Å². The summed E-state index contributed by atoms with van der Waals surface area (Å²) in [4.78, 5) is 14.2. The standard InChI is InChI=1S/C18H21Cl2N3O3S/c1-23(2)10-4-9-21-18(24)13-5-3-6-14(11-13)22-27(25,26)15-7-8-16(19)17(20)12-15/h3,5-8,11-12,22H,4,9-10H2,1-2H3,(H,21,24). The zero-order valence-corrected chi connectivity index (χ0v) is 17.3. The van der Waals surface area contributed by atoms with Gasteiger partial charge in [0.15, 0.2) is 0 Å². The van der Waals surface area contributed by atoms with Crippen molar-refractivity contribution in [3.05, 3.63) is 58.1 Å². The maximum atomic E-state index is 12.5. The van der Waals surface area contributed by atoms with E-state index in [1.807, 2.05) is 19.0 Å². The number of amides is 1. The Morgan fingerprint density at radius 3 is 2.48 bits per heavy atom. The first kappa shape index (κ1) is 21.5. The predicted octanol–water partition coefficient (Wildman–Crippen LogP) is 3.48. The van der Waals surface area contributed by atoms with Crippen LogP contribution in [0.3, 0.4) is 0 Å². The highest BCUT2D eigenvalue weighted by atomic mass is 35.5. The summed E-state index contributed by atoms with van der Waals surface area (Å²) >= 11 is 11.7. The van der Waals surface area contributed by atoms with Crippen LogP contribution in [0.15, 0.2) is 47.4 Å². The third-order valence-corrected chi connectivity index (χ3v) is 5.76. The maximum absolute atomic E-state index is 12.5. The molecule has 0 aliphatic rings. The van der Waals surface area contributed by atoms with Crippen LogP contribution in [-0.4, -0.2) is 46.4 Å². The van der Waals surface area contributed by atoms with Gasteiger partial charge >= 0.3 is 0 Å². The van der Waals surface area contributed by atoms with Gasteiger partial charge in [0.2, 0.25) is 0 Å². The van der Waals surface area contributed by atoms with E-state index >= 15 is 0 Å². The molecule has 146 valence electrons. The maximum Gasteiger partial charge on any atom is 0.261 e. The van der Waals surface area contributed by atoms with Crippen molar-refractivity contribution in [2.75, 3.05) is 31.9 Å². The van der Waals surface area contributed by atoms with Crippen LogP contribution >= 0.6 is 23.2 Å². The molecule has 6 nitrogen and oxygen atoms in total. The third-order valence-electron chi connectivity index (χ3n) is 3.65. The Kier molecular flexibility index (Phi) is 7.49. The quantitative estimate of drug-likeness (QED) is 0.629. The number of benzene rings is 2. The molecule has 0 saturated carbocycles. The van der Waals surface area contributed by atoms with Gasteiger partial charge in [-0.05, 0) is 63.5 Å². The molecule has 0 aromatic heterocycles. The molecule has 2 aromatic carbocycles. The van der Waals surface area contributed by atoms with Gasteiger partial charge < -0.3 is 10.2 Å². The molecule has 0 saturated heterocycles. The molecule has 2 N–H and O–H groups in total. The lowest BCUT2D eigenvalue weighted by Crippen LogP contribution is -2.27. The number of carbonyl (C=O) groups excluding carboxylic acids is 1. The molecule has 2 rings (SSSR count). The van der Waals surface area contributed by atoms with Crippen molar-refractivity contribution in [1.82, 2.24) is 10.2 Å². The third kappa shape index (κ3) is 6.39. The number of sulfonamides is 1. The predicted molar refractivity (Wildman–Crippen MR) is 109 cm³/mol. The first-order valence-corrected chi connectivity index (χ1v) is 10.4. The molecular weight excluding hydrogens is 409 g/mol. The molecule has 9 heteroatoms. The Labute approximate surface area is 169 Å². The first-order chi connectivity index (χ1) is 12.7. The van der Waals surface area contributed by atoms with E-state index in [0.29, 0.717) is 12.1 Å². The smallest absolute Gasteiger partial charge is 0.261 e. The van der Waals surface area contributed by atoms with Crippen molar-refractivity contribution in [3.8, 4) is 0 Å². The highest BCUT2D eigenvalue weighted by molar-refractivity contribution is 7.92. The molecule has 0 heterocycles. The van der Waals surface area contributed by atoms with Crippen LogP contribution in [0, 0.1) is 0 Å². The van der Waals surface area contributed by atoms with Gasteiger partial charge in [0.1, 0.15) is 0 Å². The van der Waals surface area contributed by atoms with Crippen LogP contribution in [0.2, 0.25) is 10.0 Å². The lowest BCUT2D eigenvalue weighted by Gasteiger charge is -2.11. The van der Waals surface area contributed by atoms with Gasteiger partial charge in [-0.3, -0.25) is 9.52 Å². The number of carbonyl (C=O) groups is 1. The minimum absolute atomic E-state index is 0.0181. The minimum Gasteiger partial charge on any atom is -0.352 e. The summed E-state index contributed by atoms with van der Waals surface area (Å²) in [7, 11) is 0.0713. The Bertz CT molecular complexity index is 918. The summed E-state index contributed by atoms with van der Waals surface area (Å²) in [5.41, 5.74) is 0.649. The molecule has 1 amide bonds. The van der Waals surface area contributed by atoms with E-state index in [4.69, 9.17) is 23.2 Å². The van der Waals surface area contributed by atoms with Crippen molar-refractivity contribution in [1.29, 1.82) is 0 Å². The van der Waals surface area contributed by atoms with E-state index in [0.717, 1.165) is 13.0 Å². The van der Waals surface area contributed by atoms with Gasteiger partial charge in [0.05, 0.1) is 14.9 Å². The number of hydrogen-bond acceptors (Lipinski definition) is 4. The highest BCUT2D eigenvalue weighted by Crippen LogP contribution is 2.26. The Hall–Kier alpha value is -1.80. The van der Waals surface area contributed by atoms with E-state index < -0.39 is 10.0 Å². The molecule has 0 radical (unpaired) electrons. The number of halogens is 2. The first-order valence-electron chi connectivity index (χ1n) is 8.20. The number of nitrogens with zero attached hydrogens (tertiary/aromatic N) is 1. The van der Waals surface area contributed by atoms with Crippen LogP contribution in [0.25, 0.3) is 0 Å². The van der Waals surface area contributed by atoms with Gasteiger partial charge in [0, 0.05) is 17.8 Å². The van der Waals surface area contributed by atoms with Gasteiger partial charge in [-0.1, -0.05) is 29.3 Å².